The fourth-order valence-electron chi connectivity index (χ4n) is 2.39. The van der Waals surface area contributed by atoms with E-state index in [-0.39, 0.29) is 12.1 Å². The van der Waals surface area contributed by atoms with Crippen LogP contribution < -0.4 is 5.73 Å². The van der Waals surface area contributed by atoms with Crippen LogP contribution in [0.3, 0.4) is 0 Å². The third-order valence-electron chi connectivity index (χ3n) is 3.51. The molecular weight excluding hydrogens is 306 g/mol. The zero-order chi connectivity index (χ0) is 13.7. The summed E-state index contributed by atoms with van der Waals surface area (Å²) < 4.78 is 12.5. The van der Waals surface area contributed by atoms with Crippen molar-refractivity contribution in [2.75, 3.05) is 19.8 Å². The second-order valence-corrected chi connectivity index (χ2v) is 6.14. The van der Waals surface area contributed by atoms with Crippen molar-refractivity contribution < 1.29 is 9.47 Å². The molecule has 1 aromatic carbocycles. The number of benzene rings is 1. The summed E-state index contributed by atoms with van der Waals surface area (Å²) in [5, 5.41) is 0. The normalized spacial score (nSPS) is 20.2. The van der Waals surface area contributed by atoms with Crippen LogP contribution in [-0.2, 0) is 9.47 Å². The van der Waals surface area contributed by atoms with Gasteiger partial charge >= 0.3 is 0 Å². The summed E-state index contributed by atoms with van der Waals surface area (Å²) in [6.07, 6.45) is 2.13. The van der Waals surface area contributed by atoms with E-state index >= 15 is 0 Å². The zero-order valence-corrected chi connectivity index (χ0v) is 12.9. The third-order valence-corrected chi connectivity index (χ3v) is 4.00. The molecule has 0 radical (unpaired) electrons. The van der Waals surface area contributed by atoms with Gasteiger partial charge < -0.3 is 15.2 Å². The van der Waals surface area contributed by atoms with Gasteiger partial charge in [0.1, 0.15) is 0 Å². The fourth-order valence-corrected chi connectivity index (χ4v) is 2.80. The quantitative estimate of drug-likeness (QED) is 0.902. The van der Waals surface area contributed by atoms with E-state index in [0.29, 0.717) is 5.92 Å². The molecule has 0 aliphatic carbocycles. The molecule has 1 aliphatic heterocycles. The first-order chi connectivity index (χ1) is 9.16. The van der Waals surface area contributed by atoms with Crippen LogP contribution in [0.15, 0.2) is 28.7 Å². The zero-order valence-electron chi connectivity index (χ0n) is 11.3. The van der Waals surface area contributed by atoms with E-state index in [1.807, 2.05) is 19.1 Å². The van der Waals surface area contributed by atoms with Gasteiger partial charge in [0.25, 0.3) is 0 Å². The molecule has 1 saturated heterocycles. The molecule has 2 rings (SSSR count). The Morgan fingerprint density at radius 3 is 2.79 bits per heavy atom. The van der Waals surface area contributed by atoms with Crippen molar-refractivity contribution in [3.05, 3.63) is 34.3 Å². The van der Waals surface area contributed by atoms with Gasteiger partial charge in [-0.3, -0.25) is 0 Å². The molecule has 3 nitrogen and oxygen atoms in total. The number of hydrogen-bond donors (Lipinski definition) is 1. The highest BCUT2D eigenvalue weighted by molar-refractivity contribution is 9.10. The van der Waals surface area contributed by atoms with E-state index in [0.717, 1.165) is 42.7 Å². The second kappa shape index (κ2) is 7.39. The molecular formula is C15H22BrNO2. The Bertz CT molecular complexity index is 391. The maximum Gasteiger partial charge on any atom is 0.0973 e. The molecule has 2 N–H and O–H groups in total. The molecule has 4 heteroatoms. The van der Waals surface area contributed by atoms with Crippen molar-refractivity contribution in [1.29, 1.82) is 0 Å². The van der Waals surface area contributed by atoms with Gasteiger partial charge in [0.15, 0.2) is 0 Å². The Balaban J connectivity index is 1.96. The van der Waals surface area contributed by atoms with Gasteiger partial charge in [-0.1, -0.05) is 28.1 Å². The van der Waals surface area contributed by atoms with Crippen LogP contribution in [-0.4, -0.2) is 25.9 Å². The van der Waals surface area contributed by atoms with Gasteiger partial charge in [0, 0.05) is 23.7 Å². The van der Waals surface area contributed by atoms with E-state index in [9.17, 15) is 0 Å². The van der Waals surface area contributed by atoms with E-state index in [1.54, 1.807) is 0 Å². The third kappa shape index (κ3) is 4.56. The van der Waals surface area contributed by atoms with Crippen molar-refractivity contribution in [3.63, 3.8) is 0 Å². The maximum atomic E-state index is 6.08. The summed E-state index contributed by atoms with van der Waals surface area (Å²) in [7, 11) is 0. The average molecular weight is 328 g/mol. The van der Waals surface area contributed by atoms with Crippen LogP contribution in [0.25, 0.3) is 0 Å². The number of rotatable bonds is 5. The summed E-state index contributed by atoms with van der Waals surface area (Å²) in [4.78, 5) is 0. The first-order valence-corrected chi connectivity index (χ1v) is 7.66. The Hall–Kier alpha value is -0.420. The van der Waals surface area contributed by atoms with Crippen molar-refractivity contribution >= 4 is 15.9 Å². The van der Waals surface area contributed by atoms with E-state index in [1.165, 1.54) is 0 Å². The molecule has 2 unspecified atom stereocenters. The Labute approximate surface area is 123 Å². The second-order valence-electron chi connectivity index (χ2n) is 5.22. The summed E-state index contributed by atoms with van der Waals surface area (Å²) in [6.45, 7) is 4.47. The molecule has 19 heavy (non-hydrogen) atoms. The predicted octanol–water partition coefficient (Wildman–Crippen LogP) is 3.28. The van der Waals surface area contributed by atoms with Gasteiger partial charge in [-0.2, -0.15) is 0 Å². The molecule has 0 saturated carbocycles. The van der Waals surface area contributed by atoms with Crippen molar-refractivity contribution in [2.45, 2.75) is 31.9 Å². The highest BCUT2D eigenvalue weighted by Gasteiger charge is 2.20. The molecule has 0 aromatic heterocycles. The van der Waals surface area contributed by atoms with E-state index < -0.39 is 0 Å². The number of nitrogens with two attached hydrogens (primary N) is 1. The van der Waals surface area contributed by atoms with E-state index in [2.05, 4.69) is 28.1 Å². The van der Waals surface area contributed by atoms with Crippen LogP contribution >= 0.6 is 15.9 Å². The predicted molar refractivity (Wildman–Crippen MR) is 80.0 cm³/mol. The largest absolute Gasteiger partial charge is 0.381 e. The summed E-state index contributed by atoms with van der Waals surface area (Å²) in [5.74, 6) is 0.599. The SMILES string of the molecule is CC(N)C(OCC1CCOCC1)c1cccc(Br)c1. The summed E-state index contributed by atoms with van der Waals surface area (Å²) in [6, 6.07) is 8.17. The lowest BCUT2D eigenvalue weighted by atomic mass is 10.0. The van der Waals surface area contributed by atoms with Gasteiger partial charge in [-0.25, -0.2) is 0 Å². The van der Waals surface area contributed by atoms with Crippen LogP contribution in [0, 0.1) is 5.92 Å². The molecule has 0 spiro atoms. The highest BCUT2D eigenvalue weighted by Crippen LogP contribution is 2.25. The first-order valence-electron chi connectivity index (χ1n) is 6.87. The minimum Gasteiger partial charge on any atom is -0.381 e. The lowest BCUT2D eigenvalue weighted by molar-refractivity contribution is -0.0187. The molecule has 106 valence electrons. The molecule has 2 atom stereocenters. The van der Waals surface area contributed by atoms with Crippen LogP contribution in [0.2, 0.25) is 0 Å². The molecule has 1 heterocycles. The van der Waals surface area contributed by atoms with Crippen LogP contribution in [0.4, 0.5) is 0 Å². The smallest absolute Gasteiger partial charge is 0.0973 e. The standard InChI is InChI=1S/C15H22BrNO2/c1-11(17)15(13-3-2-4-14(16)9-13)19-10-12-5-7-18-8-6-12/h2-4,9,11-12,15H,5-8,10,17H2,1H3. The Morgan fingerprint density at radius 2 is 2.16 bits per heavy atom. The van der Waals surface area contributed by atoms with Crippen molar-refractivity contribution in [1.82, 2.24) is 0 Å². The van der Waals surface area contributed by atoms with Crippen molar-refractivity contribution in [3.8, 4) is 0 Å². The molecule has 1 aromatic rings. The lowest BCUT2D eigenvalue weighted by Gasteiger charge is -2.27. The van der Waals surface area contributed by atoms with Gasteiger partial charge in [0.05, 0.1) is 12.7 Å². The lowest BCUT2D eigenvalue weighted by Crippen LogP contribution is -2.29. The van der Waals surface area contributed by atoms with Gasteiger partial charge in [0.2, 0.25) is 0 Å². The fraction of sp³-hybridized carbons (Fsp3) is 0.600. The summed E-state index contributed by atoms with van der Waals surface area (Å²) in [5.41, 5.74) is 7.20. The van der Waals surface area contributed by atoms with Gasteiger partial charge in [-0.15, -0.1) is 0 Å². The van der Waals surface area contributed by atoms with Crippen LogP contribution in [0.5, 0.6) is 0 Å². The highest BCUT2D eigenvalue weighted by atomic mass is 79.9. The van der Waals surface area contributed by atoms with Gasteiger partial charge in [-0.05, 0) is 43.4 Å². The van der Waals surface area contributed by atoms with Crippen molar-refractivity contribution in [2.24, 2.45) is 11.7 Å². The number of halogens is 1. The maximum absolute atomic E-state index is 6.08. The molecule has 1 aliphatic rings. The first kappa shape index (κ1) is 15.0. The summed E-state index contributed by atoms with van der Waals surface area (Å²) >= 11 is 3.49. The topological polar surface area (TPSA) is 44.5 Å². The minimum atomic E-state index is -0.0413. The molecule has 0 amide bonds. The Kier molecular flexibility index (Phi) is 5.82. The monoisotopic (exact) mass is 327 g/mol. The number of hydrogen-bond acceptors (Lipinski definition) is 3. The minimum absolute atomic E-state index is 0.0193. The number of ether oxygens (including phenoxy) is 2. The molecule has 1 fully saturated rings. The molecule has 0 bridgehead atoms. The van der Waals surface area contributed by atoms with E-state index in [4.69, 9.17) is 15.2 Å². The Morgan fingerprint density at radius 1 is 1.42 bits per heavy atom. The van der Waals surface area contributed by atoms with Crippen LogP contribution in [0.1, 0.15) is 31.4 Å². The average Bonchev–Trinajstić information content (AvgIpc) is 2.40.